The SMILES string of the molecule is CCCCCCCCCCCCCCCCCCOC(=O)CNC(=O)CCCCCCCCCCC. The lowest BCUT2D eigenvalue weighted by atomic mass is 10.0. The molecule has 1 N–H and O–H groups in total. The Labute approximate surface area is 225 Å². The Morgan fingerprint density at radius 3 is 1.19 bits per heavy atom. The van der Waals surface area contributed by atoms with E-state index in [4.69, 9.17) is 4.74 Å². The van der Waals surface area contributed by atoms with Crippen molar-refractivity contribution in [1.82, 2.24) is 5.32 Å². The van der Waals surface area contributed by atoms with Gasteiger partial charge in [0.1, 0.15) is 6.54 Å². The summed E-state index contributed by atoms with van der Waals surface area (Å²) in [6, 6.07) is 0. The van der Waals surface area contributed by atoms with Crippen LogP contribution in [0.2, 0.25) is 0 Å². The number of unbranched alkanes of at least 4 members (excludes halogenated alkanes) is 23. The van der Waals surface area contributed by atoms with Crippen molar-refractivity contribution in [2.24, 2.45) is 0 Å². The zero-order chi connectivity index (χ0) is 26.4. The molecule has 1 amide bonds. The van der Waals surface area contributed by atoms with Crippen LogP contribution in [0.3, 0.4) is 0 Å². The summed E-state index contributed by atoms with van der Waals surface area (Å²) in [5.74, 6) is -0.339. The molecule has 0 rings (SSSR count). The smallest absolute Gasteiger partial charge is 0.325 e. The maximum Gasteiger partial charge on any atom is 0.325 e. The number of esters is 1. The van der Waals surface area contributed by atoms with E-state index in [-0.39, 0.29) is 18.4 Å². The van der Waals surface area contributed by atoms with Gasteiger partial charge in [-0.2, -0.15) is 0 Å². The van der Waals surface area contributed by atoms with Crippen LogP contribution >= 0.6 is 0 Å². The zero-order valence-corrected chi connectivity index (χ0v) is 24.5. The van der Waals surface area contributed by atoms with E-state index in [9.17, 15) is 9.59 Å². The fraction of sp³-hybridized carbons (Fsp3) is 0.938. The number of carbonyl (C=O) groups excluding carboxylic acids is 2. The molecule has 0 saturated carbocycles. The first kappa shape index (κ1) is 34.9. The van der Waals surface area contributed by atoms with Crippen LogP contribution in [0.4, 0.5) is 0 Å². The molecule has 0 unspecified atom stereocenters. The van der Waals surface area contributed by atoms with Gasteiger partial charge in [-0.15, -0.1) is 0 Å². The van der Waals surface area contributed by atoms with Crippen molar-refractivity contribution < 1.29 is 14.3 Å². The second-order valence-corrected chi connectivity index (χ2v) is 10.9. The Bertz CT molecular complexity index is 466. The van der Waals surface area contributed by atoms with E-state index < -0.39 is 0 Å². The Morgan fingerprint density at radius 1 is 0.472 bits per heavy atom. The molecule has 0 aliphatic carbocycles. The molecule has 0 fully saturated rings. The van der Waals surface area contributed by atoms with Gasteiger partial charge in [0.15, 0.2) is 0 Å². The van der Waals surface area contributed by atoms with Gasteiger partial charge < -0.3 is 10.1 Å². The Balaban J connectivity index is 3.26. The van der Waals surface area contributed by atoms with E-state index >= 15 is 0 Å². The van der Waals surface area contributed by atoms with Gasteiger partial charge in [0.05, 0.1) is 6.61 Å². The minimum absolute atomic E-state index is 0.00905. The minimum Gasteiger partial charge on any atom is -0.464 e. The van der Waals surface area contributed by atoms with Gasteiger partial charge in [0.25, 0.3) is 0 Å². The maximum atomic E-state index is 11.9. The second-order valence-electron chi connectivity index (χ2n) is 10.9. The number of nitrogens with one attached hydrogen (secondary N) is 1. The molecular formula is C32H63NO3. The number of carbonyl (C=O) groups is 2. The first-order chi connectivity index (χ1) is 17.7. The second kappa shape index (κ2) is 30.2. The monoisotopic (exact) mass is 509 g/mol. The van der Waals surface area contributed by atoms with Gasteiger partial charge in [-0.25, -0.2) is 0 Å². The van der Waals surface area contributed by atoms with E-state index in [2.05, 4.69) is 19.2 Å². The van der Waals surface area contributed by atoms with Crippen LogP contribution in [0.15, 0.2) is 0 Å². The summed E-state index contributed by atoms with van der Waals surface area (Å²) in [5, 5.41) is 2.70. The van der Waals surface area contributed by atoms with Crippen molar-refractivity contribution in [3.63, 3.8) is 0 Å². The molecular weight excluding hydrogens is 446 g/mol. The van der Waals surface area contributed by atoms with Crippen LogP contribution in [-0.4, -0.2) is 25.0 Å². The summed E-state index contributed by atoms with van der Waals surface area (Å²) in [5.41, 5.74) is 0. The Hall–Kier alpha value is -1.06. The summed E-state index contributed by atoms with van der Waals surface area (Å²) in [6.07, 6.45) is 33.0. The number of ether oxygens (including phenoxy) is 1. The highest BCUT2D eigenvalue weighted by Crippen LogP contribution is 2.14. The van der Waals surface area contributed by atoms with Gasteiger partial charge in [-0.1, -0.05) is 162 Å². The van der Waals surface area contributed by atoms with Gasteiger partial charge in [-0.3, -0.25) is 9.59 Å². The predicted octanol–water partition coefficient (Wildman–Crippen LogP) is 9.83. The molecule has 0 aliphatic heterocycles. The third kappa shape index (κ3) is 29.2. The third-order valence-corrected chi connectivity index (χ3v) is 7.20. The normalized spacial score (nSPS) is 11.1. The predicted molar refractivity (Wildman–Crippen MR) is 155 cm³/mol. The largest absolute Gasteiger partial charge is 0.464 e. The van der Waals surface area contributed by atoms with E-state index in [1.165, 1.54) is 135 Å². The summed E-state index contributed by atoms with van der Waals surface area (Å²) in [6.45, 7) is 5.01. The van der Waals surface area contributed by atoms with Crippen molar-refractivity contribution in [2.75, 3.05) is 13.2 Å². The minimum atomic E-state index is -0.309. The summed E-state index contributed by atoms with van der Waals surface area (Å²) >= 11 is 0. The van der Waals surface area contributed by atoms with Gasteiger partial charge in [0, 0.05) is 6.42 Å². The molecule has 4 heteroatoms. The lowest BCUT2D eigenvalue weighted by molar-refractivity contribution is -0.144. The van der Waals surface area contributed by atoms with E-state index in [1.807, 2.05) is 0 Å². The molecule has 0 aromatic heterocycles. The van der Waals surface area contributed by atoms with Crippen molar-refractivity contribution in [2.45, 2.75) is 181 Å². The summed E-state index contributed by atoms with van der Waals surface area (Å²) in [7, 11) is 0. The van der Waals surface area contributed by atoms with Crippen LogP contribution in [0.5, 0.6) is 0 Å². The third-order valence-electron chi connectivity index (χ3n) is 7.20. The molecule has 0 bridgehead atoms. The van der Waals surface area contributed by atoms with E-state index in [0.29, 0.717) is 13.0 Å². The molecule has 0 saturated heterocycles. The molecule has 4 nitrogen and oxygen atoms in total. The molecule has 36 heavy (non-hydrogen) atoms. The van der Waals surface area contributed by atoms with E-state index in [1.54, 1.807) is 0 Å². The van der Waals surface area contributed by atoms with Gasteiger partial charge >= 0.3 is 5.97 Å². The molecule has 0 aliphatic rings. The average Bonchev–Trinajstić information content (AvgIpc) is 2.88. The molecule has 0 heterocycles. The standard InChI is InChI=1S/C32H63NO3/c1-3-5-7-9-11-13-14-15-16-17-18-19-21-23-25-27-29-36-32(35)30-33-31(34)28-26-24-22-20-12-10-8-6-4-2/h3-30H2,1-2H3,(H,33,34). The molecule has 0 atom stereocenters. The fourth-order valence-corrected chi connectivity index (χ4v) is 4.74. The molecule has 0 aromatic rings. The lowest BCUT2D eigenvalue weighted by Gasteiger charge is -2.07. The molecule has 0 radical (unpaired) electrons. The first-order valence-corrected chi connectivity index (χ1v) is 16.1. The van der Waals surface area contributed by atoms with Crippen LogP contribution < -0.4 is 5.32 Å². The molecule has 0 spiro atoms. The number of hydrogen-bond acceptors (Lipinski definition) is 3. The van der Waals surface area contributed by atoms with Gasteiger partial charge in [-0.05, 0) is 12.8 Å². The first-order valence-electron chi connectivity index (χ1n) is 16.1. The van der Waals surface area contributed by atoms with Crippen molar-refractivity contribution in [3.05, 3.63) is 0 Å². The summed E-state index contributed by atoms with van der Waals surface area (Å²) in [4.78, 5) is 23.7. The topological polar surface area (TPSA) is 55.4 Å². The van der Waals surface area contributed by atoms with Crippen LogP contribution in [0.25, 0.3) is 0 Å². The lowest BCUT2D eigenvalue weighted by Crippen LogP contribution is -2.30. The molecule has 0 aromatic carbocycles. The Kier molecular flexibility index (Phi) is 29.3. The van der Waals surface area contributed by atoms with Crippen LogP contribution in [-0.2, 0) is 14.3 Å². The highest BCUT2D eigenvalue weighted by Gasteiger charge is 2.06. The van der Waals surface area contributed by atoms with E-state index in [0.717, 1.165) is 25.7 Å². The fourth-order valence-electron chi connectivity index (χ4n) is 4.74. The van der Waals surface area contributed by atoms with Crippen molar-refractivity contribution in [3.8, 4) is 0 Å². The summed E-state index contributed by atoms with van der Waals surface area (Å²) < 4.78 is 5.26. The van der Waals surface area contributed by atoms with Crippen LogP contribution in [0, 0.1) is 0 Å². The number of rotatable bonds is 29. The highest BCUT2D eigenvalue weighted by atomic mass is 16.5. The maximum absolute atomic E-state index is 11.9. The number of amides is 1. The van der Waals surface area contributed by atoms with Crippen molar-refractivity contribution in [1.29, 1.82) is 0 Å². The van der Waals surface area contributed by atoms with Crippen LogP contribution in [0.1, 0.15) is 181 Å². The van der Waals surface area contributed by atoms with Crippen molar-refractivity contribution >= 4 is 11.9 Å². The Morgan fingerprint density at radius 2 is 0.806 bits per heavy atom. The molecule has 214 valence electrons. The van der Waals surface area contributed by atoms with Gasteiger partial charge in [0.2, 0.25) is 5.91 Å². The number of hydrogen-bond donors (Lipinski definition) is 1. The highest BCUT2D eigenvalue weighted by molar-refractivity contribution is 5.81. The zero-order valence-electron chi connectivity index (χ0n) is 24.5. The quantitative estimate of drug-likeness (QED) is 0.0806. The average molecular weight is 510 g/mol.